The number of benzene rings is 3. The van der Waals surface area contributed by atoms with Gasteiger partial charge in [-0.25, -0.2) is 0 Å². The number of hydrogen-bond donors (Lipinski definition) is 1. The quantitative estimate of drug-likeness (QED) is 0.515. The number of hydrogen-bond acceptors (Lipinski definition) is 4. The summed E-state index contributed by atoms with van der Waals surface area (Å²) in [6.07, 6.45) is 0. The van der Waals surface area contributed by atoms with Gasteiger partial charge in [-0.15, -0.1) is 11.8 Å². The first kappa shape index (κ1) is 21.3. The molecule has 7 heteroatoms. The van der Waals surface area contributed by atoms with Crippen LogP contribution in [-0.4, -0.2) is 24.2 Å². The molecule has 2 amide bonds. The van der Waals surface area contributed by atoms with Crippen LogP contribution >= 0.6 is 23.4 Å². The van der Waals surface area contributed by atoms with Crippen molar-refractivity contribution in [1.82, 2.24) is 0 Å². The summed E-state index contributed by atoms with van der Waals surface area (Å²) in [7, 11) is 0. The van der Waals surface area contributed by atoms with E-state index in [0.29, 0.717) is 34.4 Å². The molecule has 3 aromatic carbocycles. The fourth-order valence-corrected chi connectivity index (χ4v) is 4.82. The Labute approximate surface area is 190 Å². The van der Waals surface area contributed by atoms with Crippen molar-refractivity contribution in [3.05, 3.63) is 88.9 Å². The average molecular weight is 453 g/mol. The van der Waals surface area contributed by atoms with Crippen LogP contribution in [0.3, 0.4) is 0 Å². The molecule has 1 aliphatic rings. The molecule has 1 fully saturated rings. The summed E-state index contributed by atoms with van der Waals surface area (Å²) < 4.78 is 5.75. The molecule has 1 aliphatic heterocycles. The Morgan fingerprint density at radius 2 is 1.94 bits per heavy atom. The highest BCUT2D eigenvalue weighted by molar-refractivity contribution is 8.00. The van der Waals surface area contributed by atoms with Gasteiger partial charge in [0.25, 0.3) is 5.91 Å². The lowest BCUT2D eigenvalue weighted by Crippen LogP contribution is -2.28. The van der Waals surface area contributed by atoms with Gasteiger partial charge in [-0.2, -0.15) is 0 Å². The molecule has 5 nitrogen and oxygen atoms in total. The van der Waals surface area contributed by atoms with E-state index in [1.54, 1.807) is 40.9 Å². The van der Waals surface area contributed by atoms with Gasteiger partial charge in [0.1, 0.15) is 11.1 Å². The number of carbonyl (C=O) groups excluding carboxylic acids is 2. The van der Waals surface area contributed by atoms with Crippen LogP contribution < -0.4 is 15.0 Å². The Morgan fingerprint density at radius 3 is 2.74 bits per heavy atom. The lowest BCUT2D eigenvalue weighted by atomic mass is 10.1. The molecular formula is C24H21ClN2O3S. The van der Waals surface area contributed by atoms with Gasteiger partial charge in [0, 0.05) is 16.3 Å². The molecule has 1 saturated heterocycles. The normalized spacial score (nSPS) is 15.7. The fraction of sp³-hybridized carbons (Fsp3) is 0.167. The smallest absolute Gasteiger partial charge is 0.255 e. The molecule has 0 spiro atoms. The van der Waals surface area contributed by atoms with Crippen LogP contribution in [0.4, 0.5) is 11.4 Å². The van der Waals surface area contributed by atoms with Gasteiger partial charge < -0.3 is 10.1 Å². The number of anilines is 2. The minimum Gasteiger partial charge on any atom is -0.492 e. The Hall–Kier alpha value is -2.96. The zero-order valence-corrected chi connectivity index (χ0v) is 18.5. The van der Waals surface area contributed by atoms with Crippen LogP contribution in [-0.2, 0) is 4.79 Å². The van der Waals surface area contributed by atoms with Crippen molar-refractivity contribution in [2.45, 2.75) is 12.3 Å². The number of ether oxygens (including phenoxy) is 1. The largest absolute Gasteiger partial charge is 0.492 e. The molecule has 0 aromatic heterocycles. The maximum absolute atomic E-state index is 12.8. The number of halogens is 1. The van der Waals surface area contributed by atoms with Crippen LogP contribution in [0.5, 0.6) is 5.75 Å². The highest BCUT2D eigenvalue weighted by Crippen LogP contribution is 2.45. The minimum atomic E-state index is -0.242. The Balaban J connectivity index is 1.61. The molecular weight excluding hydrogens is 432 g/mol. The van der Waals surface area contributed by atoms with E-state index in [0.717, 1.165) is 11.3 Å². The summed E-state index contributed by atoms with van der Waals surface area (Å²) in [5, 5.41) is 3.21. The number of amides is 2. The summed E-state index contributed by atoms with van der Waals surface area (Å²) in [6, 6.07) is 21.9. The Bertz CT molecular complexity index is 1120. The monoisotopic (exact) mass is 452 g/mol. The number of nitrogens with one attached hydrogen (secondary N) is 1. The van der Waals surface area contributed by atoms with Crippen molar-refractivity contribution in [1.29, 1.82) is 0 Å². The maximum atomic E-state index is 12.8. The minimum absolute atomic E-state index is 0.0236. The lowest BCUT2D eigenvalue weighted by molar-refractivity contribution is -0.115. The SMILES string of the molecule is CCOc1ccccc1N1C(=O)CSC1c1cccc(NC(=O)c2cccc(Cl)c2)c1. The second-order valence-corrected chi connectivity index (χ2v) is 8.42. The van der Waals surface area contributed by atoms with Gasteiger partial charge in [0.15, 0.2) is 0 Å². The molecule has 0 radical (unpaired) electrons. The molecule has 1 heterocycles. The molecule has 4 rings (SSSR count). The van der Waals surface area contributed by atoms with Crippen LogP contribution in [0.2, 0.25) is 5.02 Å². The zero-order valence-electron chi connectivity index (χ0n) is 16.9. The van der Waals surface area contributed by atoms with Crippen LogP contribution in [0.25, 0.3) is 0 Å². The molecule has 3 aromatic rings. The maximum Gasteiger partial charge on any atom is 0.255 e. The highest BCUT2D eigenvalue weighted by Gasteiger charge is 2.35. The summed E-state index contributed by atoms with van der Waals surface area (Å²) in [4.78, 5) is 27.1. The van der Waals surface area contributed by atoms with Gasteiger partial charge in [0.2, 0.25) is 5.91 Å². The topological polar surface area (TPSA) is 58.6 Å². The molecule has 158 valence electrons. The summed E-state index contributed by atoms with van der Waals surface area (Å²) >= 11 is 7.55. The predicted molar refractivity (Wildman–Crippen MR) is 126 cm³/mol. The molecule has 1 N–H and O–H groups in total. The fourth-order valence-electron chi connectivity index (χ4n) is 3.47. The molecule has 1 unspecified atom stereocenters. The zero-order chi connectivity index (χ0) is 21.8. The van der Waals surface area contributed by atoms with Crippen molar-refractivity contribution < 1.29 is 14.3 Å². The molecule has 0 aliphatic carbocycles. The third-order valence-corrected chi connectivity index (χ3v) is 6.26. The third kappa shape index (κ3) is 4.70. The van der Waals surface area contributed by atoms with Gasteiger partial charge in [-0.1, -0.05) is 41.9 Å². The second-order valence-electron chi connectivity index (χ2n) is 6.92. The third-order valence-electron chi connectivity index (χ3n) is 4.81. The van der Waals surface area contributed by atoms with Crippen LogP contribution in [0.15, 0.2) is 72.8 Å². The predicted octanol–water partition coefficient (Wildman–Crippen LogP) is 5.77. The summed E-state index contributed by atoms with van der Waals surface area (Å²) in [6.45, 7) is 2.43. The highest BCUT2D eigenvalue weighted by atomic mass is 35.5. The van der Waals surface area contributed by atoms with Crippen LogP contribution in [0.1, 0.15) is 28.2 Å². The van der Waals surface area contributed by atoms with E-state index in [1.807, 2.05) is 55.5 Å². The summed E-state index contributed by atoms with van der Waals surface area (Å²) in [5.74, 6) is 0.838. The van der Waals surface area contributed by atoms with E-state index in [-0.39, 0.29) is 17.2 Å². The number of para-hydroxylation sites is 2. The molecule has 0 saturated carbocycles. The van der Waals surface area contributed by atoms with E-state index in [2.05, 4.69) is 5.32 Å². The van der Waals surface area contributed by atoms with Crippen molar-refractivity contribution >= 4 is 46.6 Å². The number of nitrogens with zero attached hydrogens (tertiary/aromatic N) is 1. The van der Waals surface area contributed by atoms with Crippen LogP contribution in [0, 0.1) is 0 Å². The second kappa shape index (κ2) is 9.45. The van der Waals surface area contributed by atoms with Gasteiger partial charge in [0.05, 0.1) is 18.0 Å². The Morgan fingerprint density at radius 1 is 1.13 bits per heavy atom. The first-order valence-corrected chi connectivity index (χ1v) is 11.3. The van der Waals surface area contributed by atoms with Crippen molar-refractivity contribution in [2.75, 3.05) is 22.6 Å². The van der Waals surface area contributed by atoms with Crippen molar-refractivity contribution in [3.8, 4) is 5.75 Å². The van der Waals surface area contributed by atoms with Gasteiger partial charge in [-0.3, -0.25) is 14.5 Å². The van der Waals surface area contributed by atoms with Gasteiger partial charge in [-0.05, 0) is 55.0 Å². The first-order valence-electron chi connectivity index (χ1n) is 9.89. The molecule has 31 heavy (non-hydrogen) atoms. The standard InChI is InChI=1S/C24H21ClN2O3S/c1-2-30-21-12-4-3-11-20(21)27-22(28)15-31-24(27)17-8-6-10-19(14-17)26-23(29)16-7-5-9-18(25)13-16/h3-14,24H,2,15H2,1H3,(H,26,29). The van der Waals surface area contributed by atoms with Crippen molar-refractivity contribution in [2.24, 2.45) is 0 Å². The van der Waals surface area contributed by atoms with Crippen molar-refractivity contribution in [3.63, 3.8) is 0 Å². The van der Waals surface area contributed by atoms with E-state index in [9.17, 15) is 9.59 Å². The van der Waals surface area contributed by atoms with E-state index in [1.165, 1.54) is 0 Å². The lowest BCUT2D eigenvalue weighted by Gasteiger charge is -2.26. The Kier molecular flexibility index (Phi) is 6.49. The number of thioether (sulfide) groups is 1. The van der Waals surface area contributed by atoms with E-state index in [4.69, 9.17) is 16.3 Å². The number of rotatable bonds is 6. The van der Waals surface area contributed by atoms with E-state index < -0.39 is 0 Å². The average Bonchev–Trinajstić information content (AvgIpc) is 3.16. The first-order chi connectivity index (χ1) is 15.1. The van der Waals surface area contributed by atoms with Gasteiger partial charge >= 0.3 is 0 Å². The number of carbonyl (C=O) groups is 2. The molecule has 1 atom stereocenters. The summed E-state index contributed by atoms with van der Waals surface area (Å²) in [5.41, 5.74) is 2.81. The molecule has 0 bridgehead atoms. The van der Waals surface area contributed by atoms with E-state index >= 15 is 0 Å².